The van der Waals surface area contributed by atoms with E-state index >= 15 is 0 Å². The lowest BCUT2D eigenvalue weighted by Crippen LogP contribution is -2.44. The van der Waals surface area contributed by atoms with Crippen molar-refractivity contribution in [3.05, 3.63) is 11.6 Å². The SMILES string of the molecule is CC1(C)[C@@H]2CC=C3C(=O)OC[C@@H]4C[C@@H](O)[C@@H]1[C@]34C2. The zero-order valence-electron chi connectivity index (χ0n) is 11.0. The molecule has 4 rings (SSSR count). The molecule has 1 aliphatic heterocycles. The first-order chi connectivity index (χ1) is 8.48. The van der Waals surface area contributed by atoms with E-state index in [-0.39, 0.29) is 28.8 Å². The second kappa shape index (κ2) is 3.01. The fourth-order valence-corrected chi connectivity index (χ4v) is 5.69. The molecule has 1 spiro atoms. The van der Waals surface area contributed by atoms with Crippen LogP contribution in [0.15, 0.2) is 11.6 Å². The molecule has 0 amide bonds. The van der Waals surface area contributed by atoms with Crippen LogP contribution in [-0.4, -0.2) is 23.8 Å². The number of ether oxygens (including phenoxy) is 1. The van der Waals surface area contributed by atoms with Crippen molar-refractivity contribution < 1.29 is 14.6 Å². The van der Waals surface area contributed by atoms with Crippen molar-refractivity contribution in [2.45, 2.75) is 39.2 Å². The smallest absolute Gasteiger partial charge is 0.334 e. The van der Waals surface area contributed by atoms with Gasteiger partial charge in [-0.25, -0.2) is 4.79 Å². The van der Waals surface area contributed by atoms with Gasteiger partial charge in [0.25, 0.3) is 0 Å². The normalized spacial score (nSPS) is 51.7. The summed E-state index contributed by atoms with van der Waals surface area (Å²) in [6.45, 7) is 5.06. The lowest BCUT2D eigenvalue weighted by atomic mass is 9.63. The zero-order valence-corrected chi connectivity index (χ0v) is 11.0. The number of cyclic esters (lactones) is 1. The second-order valence-corrected chi connectivity index (χ2v) is 7.19. The Balaban J connectivity index is 1.94. The van der Waals surface area contributed by atoms with Gasteiger partial charge < -0.3 is 9.84 Å². The number of carbonyl (C=O) groups is 1. The number of fused-ring (bicyclic) bond motifs is 1. The highest BCUT2D eigenvalue weighted by Crippen LogP contribution is 2.72. The Morgan fingerprint density at radius 2 is 2.17 bits per heavy atom. The first-order valence-corrected chi connectivity index (χ1v) is 7.03. The summed E-state index contributed by atoms with van der Waals surface area (Å²) in [7, 11) is 0. The van der Waals surface area contributed by atoms with Gasteiger partial charge in [0, 0.05) is 22.8 Å². The van der Waals surface area contributed by atoms with E-state index in [0.29, 0.717) is 18.4 Å². The van der Waals surface area contributed by atoms with Crippen molar-refractivity contribution >= 4 is 5.97 Å². The van der Waals surface area contributed by atoms with Crippen LogP contribution >= 0.6 is 0 Å². The fraction of sp³-hybridized carbons (Fsp3) is 0.800. The minimum Gasteiger partial charge on any atom is -0.462 e. The highest BCUT2D eigenvalue weighted by molar-refractivity contribution is 5.91. The Hall–Kier alpha value is -0.830. The maximum atomic E-state index is 12.1. The number of carbonyl (C=O) groups excluding carboxylic acids is 1. The van der Waals surface area contributed by atoms with E-state index in [0.717, 1.165) is 24.8 Å². The average molecular weight is 248 g/mol. The molecule has 3 aliphatic carbocycles. The molecule has 0 radical (unpaired) electrons. The minimum atomic E-state index is -0.272. The number of esters is 1. The second-order valence-electron chi connectivity index (χ2n) is 7.19. The van der Waals surface area contributed by atoms with E-state index in [1.165, 1.54) is 0 Å². The van der Waals surface area contributed by atoms with Gasteiger partial charge in [0.05, 0.1) is 12.7 Å². The zero-order chi connectivity index (χ0) is 12.7. The highest BCUT2D eigenvalue weighted by Gasteiger charge is 2.71. The minimum absolute atomic E-state index is 0.0683. The Labute approximate surface area is 107 Å². The lowest BCUT2D eigenvalue weighted by molar-refractivity contribution is -0.149. The van der Waals surface area contributed by atoms with Gasteiger partial charge in [0.2, 0.25) is 0 Å². The molecule has 0 aromatic rings. The van der Waals surface area contributed by atoms with Crippen LogP contribution < -0.4 is 0 Å². The monoisotopic (exact) mass is 248 g/mol. The summed E-state index contributed by atoms with van der Waals surface area (Å²) in [5.74, 6) is 1.06. The van der Waals surface area contributed by atoms with Crippen LogP contribution in [0.25, 0.3) is 0 Å². The summed E-state index contributed by atoms with van der Waals surface area (Å²) in [6.07, 6.45) is 4.68. The molecule has 0 unspecified atom stereocenters. The summed E-state index contributed by atoms with van der Waals surface area (Å²) in [5.41, 5.74) is 0.952. The Morgan fingerprint density at radius 1 is 1.39 bits per heavy atom. The molecule has 3 nitrogen and oxygen atoms in total. The van der Waals surface area contributed by atoms with E-state index in [9.17, 15) is 9.90 Å². The quantitative estimate of drug-likeness (QED) is 0.666. The number of hydrogen-bond donors (Lipinski definition) is 1. The van der Waals surface area contributed by atoms with Crippen LogP contribution in [0.5, 0.6) is 0 Å². The van der Waals surface area contributed by atoms with Crippen LogP contribution in [0.2, 0.25) is 0 Å². The molecule has 18 heavy (non-hydrogen) atoms. The topological polar surface area (TPSA) is 46.5 Å². The van der Waals surface area contributed by atoms with Crippen molar-refractivity contribution in [3.63, 3.8) is 0 Å². The number of aliphatic hydroxyl groups excluding tert-OH is 1. The maximum Gasteiger partial charge on any atom is 0.334 e. The predicted molar refractivity (Wildman–Crippen MR) is 65.6 cm³/mol. The molecule has 3 fully saturated rings. The van der Waals surface area contributed by atoms with Gasteiger partial charge in [-0.2, -0.15) is 0 Å². The van der Waals surface area contributed by atoms with E-state index in [4.69, 9.17) is 4.74 Å². The van der Waals surface area contributed by atoms with E-state index in [2.05, 4.69) is 19.9 Å². The Morgan fingerprint density at radius 3 is 2.94 bits per heavy atom. The summed E-state index contributed by atoms with van der Waals surface area (Å²) >= 11 is 0. The van der Waals surface area contributed by atoms with Gasteiger partial charge in [-0.15, -0.1) is 0 Å². The van der Waals surface area contributed by atoms with Gasteiger partial charge in [-0.3, -0.25) is 0 Å². The number of rotatable bonds is 0. The number of allylic oxidation sites excluding steroid dienone is 1. The third-order valence-corrected chi connectivity index (χ3v) is 6.38. The Bertz CT molecular complexity index is 464. The first kappa shape index (κ1) is 11.0. The van der Waals surface area contributed by atoms with Crippen molar-refractivity contribution in [2.75, 3.05) is 6.61 Å². The van der Waals surface area contributed by atoms with E-state index < -0.39 is 0 Å². The van der Waals surface area contributed by atoms with Crippen LogP contribution in [-0.2, 0) is 9.53 Å². The van der Waals surface area contributed by atoms with E-state index in [1.807, 2.05) is 0 Å². The predicted octanol–water partition coefficient (Wildman–Crippen LogP) is 1.90. The van der Waals surface area contributed by atoms with Gasteiger partial charge in [0.15, 0.2) is 0 Å². The molecule has 1 heterocycles. The van der Waals surface area contributed by atoms with E-state index in [1.54, 1.807) is 0 Å². The largest absolute Gasteiger partial charge is 0.462 e. The molecule has 3 heteroatoms. The molecule has 5 atom stereocenters. The molecule has 1 saturated heterocycles. The molecule has 0 aromatic carbocycles. The molecule has 0 aromatic heterocycles. The molecule has 4 aliphatic rings. The van der Waals surface area contributed by atoms with Gasteiger partial charge in [0.1, 0.15) is 0 Å². The highest BCUT2D eigenvalue weighted by atomic mass is 16.5. The summed E-state index contributed by atoms with van der Waals surface area (Å²) in [4.78, 5) is 12.1. The molecular formula is C15H20O3. The first-order valence-electron chi connectivity index (χ1n) is 7.03. The molecule has 98 valence electrons. The molecule has 2 saturated carbocycles. The maximum absolute atomic E-state index is 12.1. The van der Waals surface area contributed by atoms with Crippen LogP contribution in [0, 0.1) is 28.6 Å². The van der Waals surface area contributed by atoms with Gasteiger partial charge in [-0.05, 0) is 30.6 Å². The van der Waals surface area contributed by atoms with Crippen molar-refractivity contribution in [3.8, 4) is 0 Å². The summed E-state index contributed by atoms with van der Waals surface area (Å²) in [5, 5.41) is 10.5. The molecule has 2 bridgehead atoms. The van der Waals surface area contributed by atoms with Crippen LogP contribution in [0.4, 0.5) is 0 Å². The summed E-state index contributed by atoms with van der Waals surface area (Å²) < 4.78 is 5.32. The fourth-order valence-electron chi connectivity index (χ4n) is 5.69. The average Bonchev–Trinajstić information content (AvgIpc) is 2.68. The van der Waals surface area contributed by atoms with Crippen molar-refractivity contribution in [1.82, 2.24) is 0 Å². The van der Waals surface area contributed by atoms with Gasteiger partial charge in [-0.1, -0.05) is 19.9 Å². The lowest BCUT2D eigenvalue weighted by Gasteiger charge is -2.43. The number of aliphatic hydroxyl groups is 1. The Kier molecular flexibility index (Phi) is 1.84. The van der Waals surface area contributed by atoms with Crippen molar-refractivity contribution in [1.29, 1.82) is 0 Å². The van der Waals surface area contributed by atoms with Gasteiger partial charge >= 0.3 is 5.97 Å². The molecule has 1 N–H and O–H groups in total. The van der Waals surface area contributed by atoms with Crippen LogP contribution in [0.3, 0.4) is 0 Å². The third kappa shape index (κ3) is 0.965. The number of hydrogen-bond acceptors (Lipinski definition) is 3. The van der Waals surface area contributed by atoms with Crippen molar-refractivity contribution in [2.24, 2.45) is 28.6 Å². The third-order valence-electron chi connectivity index (χ3n) is 6.38. The van der Waals surface area contributed by atoms with Crippen LogP contribution in [0.1, 0.15) is 33.1 Å². The summed E-state index contributed by atoms with van der Waals surface area (Å²) in [6, 6.07) is 0. The standard InChI is InChI=1S/C15H20O3/c1-14(2)8-3-4-10-13(17)18-7-9-5-11(16)12(14)15(9,10)6-8/h4,8-9,11-12,16H,3,5-7H2,1-2H3/t8-,9+,11-,12+,15+/m1/s1. The molecular weight excluding hydrogens is 228 g/mol.